The summed E-state index contributed by atoms with van der Waals surface area (Å²) in [6.45, 7) is 1.11. The Morgan fingerprint density at radius 1 is 0.811 bits per heavy atom. The van der Waals surface area contributed by atoms with Gasteiger partial charge >= 0.3 is 0 Å². The molecule has 0 aliphatic rings. The van der Waals surface area contributed by atoms with E-state index in [1.165, 1.54) is 0 Å². The highest BCUT2D eigenvalue weighted by Gasteiger charge is 2.17. The van der Waals surface area contributed by atoms with Crippen LogP contribution in [0.3, 0.4) is 0 Å². The first-order valence-corrected chi connectivity index (χ1v) is 12.2. The monoisotopic (exact) mass is 488 g/mol. The summed E-state index contributed by atoms with van der Waals surface area (Å²) in [6.07, 6.45) is 0.317. The van der Waals surface area contributed by atoms with E-state index in [1.807, 2.05) is 97.1 Å². The summed E-state index contributed by atoms with van der Waals surface area (Å²) < 4.78 is 5.31. The fourth-order valence-corrected chi connectivity index (χ4v) is 4.22. The molecule has 0 aliphatic carbocycles. The minimum absolute atomic E-state index is 0.0435. The van der Waals surface area contributed by atoms with Crippen LogP contribution in [0.1, 0.15) is 12.0 Å². The lowest BCUT2D eigenvalue weighted by molar-refractivity contribution is -0.116. The number of anilines is 2. The molecule has 37 heavy (non-hydrogen) atoms. The number of ether oxygens (including phenoxy) is 1. The van der Waals surface area contributed by atoms with E-state index in [1.54, 1.807) is 7.11 Å². The Labute approximate surface area is 216 Å². The van der Waals surface area contributed by atoms with Gasteiger partial charge in [-0.25, -0.2) is 9.97 Å². The molecule has 6 nitrogen and oxygen atoms in total. The molecule has 6 heteroatoms. The molecule has 0 unspecified atom stereocenters. The normalized spacial score (nSPS) is 10.7. The van der Waals surface area contributed by atoms with Crippen LogP contribution >= 0.6 is 0 Å². The number of fused-ring (bicyclic) bond motifs is 1. The highest BCUT2D eigenvalue weighted by molar-refractivity contribution is 5.93. The van der Waals surface area contributed by atoms with Crippen molar-refractivity contribution in [3.8, 4) is 17.1 Å². The highest BCUT2D eigenvalue weighted by Crippen LogP contribution is 2.29. The number of hydrogen-bond acceptors (Lipinski definition) is 5. The Bertz CT molecular complexity index is 1470. The fraction of sp³-hybridized carbons (Fsp3) is 0.129. The molecule has 184 valence electrons. The van der Waals surface area contributed by atoms with E-state index in [-0.39, 0.29) is 5.91 Å². The van der Waals surface area contributed by atoms with E-state index >= 15 is 0 Å². The Kier molecular flexibility index (Phi) is 7.36. The fourth-order valence-electron chi connectivity index (χ4n) is 4.22. The van der Waals surface area contributed by atoms with Crippen LogP contribution < -0.4 is 15.0 Å². The average molecular weight is 489 g/mol. The smallest absolute Gasteiger partial charge is 0.226 e. The maximum absolute atomic E-state index is 12.8. The lowest BCUT2D eigenvalue weighted by Gasteiger charge is -2.25. The Hall–Kier alpha value is -4.71. The second-order valence-electron chi connectivity index (χ2n) is 8.69. The van der Waals surface area contributed by atoms with Gasteiger partial charge in [0, 0.05) is 36.1 Å². The Morgan fingerprint density at radius 2 is 1.49 bits per heavy atom. The van der Waals surface area contributed by atoms with Gasteiger partial charge < -0.3 is 15.0 Å². The molecule has 1 N–H and O–H groups in total. The molecule has 5 aromatic rings. The van der Waals surface area contributed by atoms with Crippen molar-refractivity contribution >= 4 is 28.3 Å². The number of carbonyl (C=O) groups is 1. The van der Waals surface area contributed by atoms with Gasteiger partial charge in [-0.05, 0) is 54.1 Å². The SMILES string of the molecule is COc1ccc(-c2nc(N(CCC(=O)Nc3ccccc3)Cc3ccccc3)c3ccccc3n2)cc1. The van der Waals surface area contributed by atoms with Crippen molar-refractivity contribution in [3.05, 3.63) is 115 Å². The van der Waals surface area contributed by atoms with E-state index in [2.05, 4.69) is 22.3 Å². The lowest BCUT2D eigenvalue weighted by atomic mass is 10.1. The van der Waals surface area contributed by atoms with Crippen molar-refractivity contribution in [1.29, 1.82) is 0 Å². The number of nitrogens with zero attached hydrogens (tertiary/aromatic N) is 3. The number of amides is 1. The third-order valence-electron chi connectivity index (χ3n) is 6.11. The number of benzene rings is 4. The summed E-state index contributed by atoms with van der Waals surface area (Å²) in [4.78, 5) is 24.9. The van der Waals surface area contributed by atoms with Gasteiger partial charge in [0.15, 0.2) is 5.82 Å². The summed E-state index contributed by atoms with van der Waals surface area (Å²) >= 11 is 0. The predicted molar refractivity (Wildman–Crippen MR) is 149 cm³/mol. The number of nitrogens with one attached hydrogen (secondary N) is 1. The van der Waals surface area contributed by atoms with Crippen LogP contribution in [0, 0.1) is 0 Å². The van der Waals surface area contributed by atoms with Crippen molar-refractivity contribution in [3.63, 3.8) is 0 Å². The van der Waals surface area contributed by atoms with E-state index < -0.39 is 0 Å². The zero-order valence-corrected chi connectivity index (χ0v) is 20.7. The van der Waals surface area contributed by atoms with Gasteiger partial charge in [0.25, 0.3) is 0 Å². The number of para-hydroxylation sites is 2. The molecule has 0 bridgehead atoms. The molecule has 4 aromatic carbocycles. The minimum Gasteiger partial charge on any atom is -0.497 e. The zero-order valence-electron chi connectivity index (χ0n) is 20.7. The van der Waals surface area contributed by atoms with Gasteiger partial charge in [0.1, 0.15) is 11.6 Å². The van der Waals surface area contributed by atoms with Crippen LogP contribution in [-0.4, -0.2) is 29.5 Å². The summed E-state index contributed by atoms with van der Waals surface area (Å²) in [6, 6.07) is 35.5. The van der Waals surface area contributed by atoms with Crippen LogP contribution in [0.5, 0.6) is 5.75 Å². The molecule has 5 rings (SSSR count). The second-order valence-corrected chi connectivity index (χ2v) is 8.69. The largest absolute Gasteiger partial charge is 0.497 e. The molecule has 0 saturated heterocycles. The summed E-state index contributed by atoms with van der Waals surface area (Å²) in [5, 5.41) is 3.93. The second kappa shape index (κ2) is 11.4. The van der Waals surface area contributed by atoms with E-state index in [0.29, 0.717) is 25.3 Å². The number of carbonyl (C=O) groups excluding carboxylic acids is 1. The van der Waals surface area contributed by atoms with Crippen molar-refractivity contribution in [2.45, 2.75) is 13.0 Å². The third kappa shape index (κ3) is 5.93. The molecule has 0 aliphatic heterocycles. The molecule has 1 amide bonds. The van der Waals surface area contributed by atoms with Crippen molar-refractivity contribution in [2.24, 2.45) is 0 Å². The maximum Gasteiger partial charge on any atom is 0.226 e. The van der Waals surface area contributed by atoms with Crippen molar-refractivity contribution in [1.82, 2.24) is 9.97 Å². The van der Waals surface area contributed by atoms with Crippen molar-refractivity contribution in [2.75, 3.05) is 23.9 Å². The predicted octanol–water partition coefficient (Wildman–Crippen LogP) is 6.34. The molecule has 1 aromatic heterocycles. The first-order valence-electron chi connectivity index (χ1n) is 12.2. The van der Waals surface area contributed by atoms with E-state index in [9.17, 15) is 4.79 Å². The van der Waals surface area contributed by atoms with Crippen LogP contribution in [0.4, 0.5) is 11.5 Å². The molecule has 0 atom stereocenters. The third-order valence-corrected chi connectivity index (χ3v) is 6.11. The van der Waals surface area contributed by atoms with E-state index in [4.69, 9.17) is 14.7 Å². The summed E-state index contributed by atoms with van der Waals surface area (Å²) in [7, 11) is 1.65. The van der Waals surface area contributed by atoms with Crippen LogP contribution in [0.2, 0.25) is 0 Å². The standard InChI is InChI=1S/C31H28N4O2/c1-37-26-18-16-24(17-19-26)30-33-28-15-9-8-14-27(28)31(34-30)35(22-23-10-4-2-5-11-23)21-20-29(36)32-25-12-6-3-7-13-25/h2-19H,20-22H2,1H3,(H,32,36). The minimum atomic E-state index is -0.0435. The Balaban J connectivity index is 1.50. The first kappa shape index (κ1) is 24.0. The number of methoxy groups -OCH3 is 1. The van der Waals surface area contributed by atoms with Crippen LogP contribution in [0.25, 0.3) is 22.3 Å². The van der Waals surface area contributed by atoms with Crippen LogP contribution in [0.15, 0.2) is 109 Å². The van der Waals surface area contributed by atoms with E-state index in [0.717, 1.165) is 39.3 Å². The molecular weight excluding hydrogens is 460 g/mol. The average Bonchev–Trinajstić information content (AvgIpc) is 2.96. The van der Waals surface area contributed by atoms with Gasteiger partial charge in [-0.1, -0.05) is 60.7 Å². The lowest BCUT2D eigenvalue weighted by Crippen LogP contribution is -2.28. The molecule has 0 spiro atoms. The van der Waals surface area contributed by atoms with Gasteiger partial charge in [0.05, 0.1) is 12.6 Å². The summed E-state index contributed by atoms with van der Waals surface area (Å²) in [5.74, 6) is 2.16. The maximum atomic E-state index is 12.8. The number of rotatable bonds is 9. The van der Waals surface area contributed by atoms with Gasteiger partial charge in [-0.2, -0.15) is 0 Å². The van der Waals surface area contributed by atoms with Crippen molar-refractivity contribution < 1.29 is 9.53 Å². The van der Waals surface area contributed by atoms with Gasteiger partial charge in [-0.3, -0.25) is 4.79 Å². The highest BCUT2D eigenvalue weighted by atomic mass is 16.5. The summed E-state index contributed by atoms with van der Waals surface area (Å²) in [5.41, 5.74) is 3.68. The molecule has 0 fully saturated rings. The topological polar surface area (TPSA) is 67.3 Å². The Morgan fingerprint density at radius 3 is 2.22 bits per heavy atom. The van der Waals surface area contributed by atoms with Gasteiger partial charge in [0.2, 0.25) is 5.91 Å². The molecule has 0 radical (unpaired) electrons. The molecule has 0 saturated carbocycles. The quantitative estimate of drug-likeness (QED) is 0.262. The first-order chi connectivity index (χ1) is 18.2. The number of hydrogen-bond donors (Lipinski definition) is 1. The van der Waals surface area contributed by atoms with Gasteiger partial charge in [-0.15, -0.1) is 0 Å². The molecular formula is C31H28N4O2. The van der Waals surface area contributed by atoms with Crippen LogP contribution in [-0.2, 0) is 11.3 Å². The molecule has 1 heterocycles. The number of aromatic nitrogens is 2. The zero-order chi connectivity index (χ0) is 25.5.